The predicted octanol–water partition coefficient (Wildman–Crippen LogP) is 2.34. The molecule has 4 nitrogen and oxygen atoms in total. The van der Waals surface area contributed by atoms with Crippen molar-refractivity contribution >= 4 is 11.3 Å². The van der Waals surface area contributed by atoms with Gasteiger partial charge >= 0.3 is 0 Å². The first-order valence-corrected chi connectivity index (χ1v) is 7.62. The lowest BCUT2D eigenvalue weighted by atomic mass is 9.93. The van der Waals surface area contributed by atoms with Crippen LogP contribution >= 0.6 is 11.3 Å². The Morgan fingerprint density at radius 1 is 1.53 bits per heavy atom. The molecule has 1 atom stereocenters. The second-order valence-corrected chi connectivity index (χ2v) is 7.11. The SMILES string of the molecule is COC1(CNCc2nc(C(C)(C)C)cs2)CCOC1. The summed E-state index contributed by atoms with van der Waals surface area (Å²) >= 11 is 1.72. The minimum absolute atomic E-state index is 0.127. The third-order valence-corrected chi connectivity index (χ3v) is 4.39. The molecule has 1 unspecified atom stereocenters. The second kappa shape index (κ2) is 5.87. The van der Waals surface area contributed by atoms with Gasteiger partial charge in [-0.25, -0.2) is 4.98 Å². The van der Waals surface area contributed by atoms with Crippen LogP contribution in [0.4, 0.5) is 0 Å². The van der Waals surface area contributed by atoms with E-state index in [4.69, 9.17) is 9.47 Å². The van der Waals surface area contributed by atoms with Gasteiger partial charge in [-0.15, -0.1) is 11.3 Å². The number of aromatic nitrogens is 1. The fourth-order valence-electron chi connectivity index (χ4n) is 2.09. The number of nitrogens with zero attached hydrogens (tertiary/aromatic N) is 1. The molecule has 0 radical (unpaired) electrons. The van der Waals surface area contributed by atoms with E-state index >= 15 is 0 Å². The van der Waals surface area contributed by atoms with Crippen LogP contribution in [0, 0.1) is 0 Å². The molecule has 1 aliphatic rings. The summed E-state index contributed by atoms with van der Waals surface area (Å²) in [6.45, 7) is 9.65. The van der Waals surface area contributed by atoms with Crippen LogP contribution in [0.3, 0.4) is 0 Å². The molecule has 0 spiro atoms. The Morgan fingerprint density at radius 2 is 2.32 bits per heavy atom. The molecule has 5 heteroatoms. The molecule has 1 aromatic rings. The summed E-state index contributed by atoms with van der Waals surface area (Å²) in [5, 5.41) is 6.73. The molecule has 108 valence electrons. The monoisotopic (exact) mass is 284 g/mol. The van der Waals surface area contributed by atoms with Gasteiger partial charge in [0.05, 0.1) is 12.3 Å². The maximum atomic E-state index is 5.59. The maximum absolute atomic E-state index is 5.59. The fraction of sp³-hybridized carbons (Fsp3) is 0.786. The molecule has 0 aliphatic carbocycles. The summed E-state index contributed by atoms with van der Waals surface area (Å²) in [6.07, 6.45) is 0.960. The zero-order chi connectivity index (χ0) is 13.9. The number of thiazole rings is 1. The largest absolute Gasteiger partial charge is 0.378 e. The maximum Gasteiger partial charge on any atom is 0.107 e. The van der Waals surface area contributed by atoms with Crippen LogP contribution in [0.1, 0.15) is 37.9 Å². The molecule has 0 saturated carbocycles. The number of hydrogen-bond donors (Lipinski definition) is 1. The van der Waals surface area contributed by atoms with Gasteiger partial charge in [0.2, 0.25) is 0 Å². The van der Waals surface area contributed by atoms with Gasteiger partial charge in [0.15, 0.2) is 0 Å². The van der Waals surface area contributed by atoms with Crippen LogP contribution < -0.4 is 5.32 Å². The summed E-state index contributed by atoms with van der Waals surface area (Å²) in [5.41, 5.74) is 1.14. The van der Waals surface area contributed by atoms with E-state index in [0.717, 1.165) is 31.1 Å². The molecule has 19 heavy (non-hydrogen) atoms. The number of rotatable bonds is 5. The van der Waals surface area contributed by atoms with Gasteiger partial charge in [-0.2, -0.15) is 0 Å². The van der Waals surface area contributed by atoms with Gasteiger partial charge in [0, 0.05) is 44.0 Å². The van der Waals surface area contributed by atoms with Crippen LogP contribution in [0.2, 0.25) is 0 Å². The van der Waals surface area contributed by atoms with Gasteiger partial charge in [-0.05, 0) is 0 Å². The summed E-state index contributed by atoms with van der Waals surface area (Å²) in [7, 11) is 1.76. The van der Waals surface area contributed by atoms with Crippen LogP contribution in [0.15, 0.2) is 5.38 Å². The first-order valence-electron chi connectivity index (χ1n) is 6.74. The quantitative estimate of drug-likeness (QED) is 0.901. The van der Waals surface area contributed by atoms with Crippen molar-refractivity contribution < 1.29 is 9.47 Å². The van der Waals surface area contributed by atoms with E-state index in [1.54, 1.807) is 18.4 Å². The van der Waals surface area contributed by atoms with Gasteiger partial charge in [0.1, 0.15) is 10.6 Å². The molecule has 2 rings (SSSR count). The topological polar surface area (TPSA) is 43.4 Å². The molecule has 1 fully saturated rings. The number of nitrogens with one attached hydrogen (secondary N) is 1. The number of methoxy groups -OCH3 is 1. The number of ether oxygens (including phenoxy) is 2. The van der Waals surface area contributed by atoms with Crippen LogP contribution in [0.5, 0.6) is 0 Å². The summed E-state index contributed by atoms with van der Waals surface area (Å²) < 4.78 is 11.0. The van der Waals surface area contributed by atoms with Gasteiger partial charge < -0.3 is 14.8 Å². The smallest absolute Gasteiger partial charge is 0.107 e. The van der Waals surface area contributed by atoms with E-state index in [0.29, 0.717) is 6.61 Å². The van der Waals surface area contributed by atoms with E-state index in [-0.39, 0.29) is 11.0 Å². The minimum atomic E-state index is -0.149. The Kier molecular flexibility index (Phi) is 4.61. The summed E-state index contributed by atoms with van der Waals surface area (Å²) in [5.74, 6) is 0. The van der Waals surface area contributed by atoms with Crippen molar-refractivity contribution in [3.8, 4) is 0 Å². The molecule has 0 bridgehead atoms. The molecule has 1 aromatic heterocycles. The second-order valence-electron chi connectivity index (χ2n) is 6.17. The van der Waals surface area contributed by atoms with E-state index in [2.05, 4.69) is 36.5 Å². The molecule has 0 aromatic carbocycles. The van der Waals surface area contributed by atoms with Crippen molar-refractivity contribution in [2.45, 2.75) is 44.8 Å². The molecule has 1 aliphatic heterocycles. The zero-order valence-electron chi connectivity index (χ0n) is 12.3. The highest BCUT2D eigenvalue weighted by Gasteiger charge is 2.34. The highest BCUT2D eigenvalue weighted by Crippen LogP contribution is 2.24. The third-order valence-electron chi connectivity index (χ3n) is 3.54. The molecular formula is C14H24N2O2S. The molecule has 1 saturated heterocycles. The van der Waals surface area contributed by atoms with Gasteiger partial charge in [0.25, 0.3) is 0 Å². The highest BCUT2D eigenvalue weighted by atomic mass is 32.1. The predicted molar refractivity (Wildman–Crippen MR) is 77.7 cm³/mol. The lowest BCUT2D eigenvalue weighted by Gasteiger charge is -2.25. The molecular weight excluding hydrogens is 260 g/mol. The fourth-order valence-corrected chi connectivity index (χ4v) is 3.09. The lowest BCUT2D eigenvalue weighted by molar-refractivity contribution is -0.0159. The van der Waals surface area contributed by atoms with Crippen molar-refractivity contribution in [1.82, 2.24) is 10.3 Å². The van der Waals surface area contributed by atoms with E-state index in [1.165, 1.54) is 5.69 Å². The highest BCUT2D eigenvalue weighted by molar-refractivity contribution is 7.09. The van der Waals surface area contributed by atoms with Crippen LogP contribution in [-0.2, 0) is 21.4 Å². The Labute approximate surface area is 119 Å². The average Bonchev–Trinajstić information content (AvgIpc) is 2.97. The summed E-state index contributed by atoms with van der Waals surface area (Å²) in [6, 6.07) is 0. The first-order chi connectivity index (χ1) is 8.95. The van der Waals surface area contributed by atoms with Gasteiger partial charge in [-0.1, -0.05) is 20.8 Å². The van der Waals surface area contributed by atoms with Crippen molar-refractivity contribution in [2.75, 3.05) is 26.9 Å². The summed E-state index contributed by atoms with van der Waals surface area (Å²) in [4.78, 5) is 4.68. The Bertz CT molecular complexity index is 406. The molecule has 2 heterocycles. The number of hydrogen-bond acceptors (Lipinski definition) is 5. The van der Waals surface area contributed by atoms with Crippen LogP contribution in [-0.4, -0.2) is 37.5 Å². The van der Waals surface area contributed by atoms with Crippen molar-refractivity contribution in [3.05, 3.63) is 16.1 Å². The minimum Gasteiger partial charge on any atom is -0.378 e. The lowest BCUT2D eigenvalue weighted by Crippen LogP contribution is -2.42. The third kappa shape index (κ3) is 3.75. The normalized spacial score (nSPS) is 24.0. The van der Waals surface area contributed by atoms with Crippen LogP contribution in [0.25, 0.3) is 0 Å². The van der Waals surface area contributed by atoms with Crippen molar-refractivity contribution in [3.63, 3.8) is 0 Å². The molecule has 0 amide bonds. The first kappa shape index (κ1) is 14.9. The van der Waals surface area contributed by atoms with E-state index in [9.17, 15) is 0 Å². The van der Waals surface area contributed by atoms with Crippen molar-refractivity contribution in [2.24, 2.45) is 0 Å². The van der Waals surface area contributed by atoms with Crippen molar-refractivity contribution in [1.29, 1.82) is 0 Å². The molecule has 1 N–H and O–H groups in total. The Balaban J connectivity index is 1.84. The standard InChI is InChI=1S/C14H24N2O2S/c1-13(2,3)11-8-19-12(16-11)7-15-9-14(17-4)5-6-18-10-14/h8,15H,5-7,9-10H2,1-4H3. The van der Waals surface area contributed by atoms with Gasteiger partial charge in [-0.3, -0.25) is 0 Å². The Morgan fingerprint density at radius 3 is 2.84 bits per heavy atom. The Hall–Kier alpha value is -0.490. The van der Waals surface area contributed by atoms with E-state index < -0.39 is 0 Å². The van der Waals surface area contributed by atoms with E-state index in [1.807, 2.05) is 0 Å². The average molecular weight is 284 g/mol. The zero-order valence-corrected chi connectivity index (χ0v) is 13.1.